The third kappa shape index (κ3) is 1.88. The molecule has 72 valence electrons. The minimum Gasteiger partial charge on any atom is -0.503 e. The smallest absolute Gasteiger partial charge is 0.269 e. The van der Waals surface area contributed by atoms with Gasteiger partial charge in [0.2, 0.25) is 5.43 Å². The van der Waals surface area contributed by atoms with E-state index in [1.165, 1.54) is 0 Å². The standard InChI is InChI=1S/C7H6BrF2NO2/c8-1-3-5(7(9)10)6(13)4(12)2-11-3/h2,7,12H,1H2,(H,11,13). The summed E-state index contributed by atoms with van der Waals surface area (Å²) in [5, 5.41) is 8.99. The second-order valence-corrected chi connectivity index (χ2v) is 2.89. The van der Waals surface area contributed by atoms with Gasteiger partial charge in [0, 0.05) is 17.2 Å². The zero-order valence-electron chi connectivity index (χ0n) is 6.35. The van der Waals surface area contributed by atoms with Crippen LogP contribution in [0.5, 0.6) is 5.75 Å². The topological polar surface area (TPSA) is 53.1 Å². The summed E-state index contributed by atoms with van der Waals surface area (Å²) in [5.41, 5.74) is -1.63. The first-order valence-electron chi connectivity index (χ1n) is 3.35. The van der Waals surface area contributed by atoms with Crippen LogP contribution in [-0.4, -0.2) is 10.1 Å². The summed E-state index contributed by atoms with van der Waals surface area (Å²) in [4.78, 5) is 13.4. The monoisotopic (exact) mass is 253 g/mol. The van der Waals surface area contributed by atoms with E-state index in [-0.39, 0.29) is 11.0 Å². The minimum absolute atomic E-state index is 0.0813. The number of H-pyrrole nitrogens is 1. The molecule has 2 N–H and O–H groups in total. The van der Waals surface area contributed by atoms with Crippen LogP contribution in [0.3, 0.4) is 0 Å². The van der Waals surface area contributed by atoms with Crippen molar-refractivity contribution in [3.8, 4) is 5.75 Å². The Bertz CT molecular complexity index is 364. The van der Waals surface area contributed by atoms with Crippen molar-refractivity contribution in [1.29, 1.82) is 0 Å². The molecule has 1 heterocycles. The second kappa shape index (κ2) is 3.87. The highest BCUT2D eigenvalue weighted by atomic mass is 79.9. The van der Waals surface area contributed by atoms with Crippen molar-refractivity contribution in [1.82, 2.24) is 4.98 Å². The molecule has 0 aliphatic carbocycles. The number of pyridine rings is 1. The molecule has 13 heavy (non-hydrogen) atoms. The maximum absolute atomic E-state index is 12.3. The lowest BCUT2D eigenvalue weighted by molar-refractivity contribution is 0.148. The van der Waals surface area contributed by atoms with Gasteiger partial charge in [-0.3, -0.25) is 4.79 Å². The molecule has 0 atom stereocenters. The molecule has 0 aromatic carbocycles. The van der Waals surface area contributed by atoms with E-state index in [9.17, 15) is 13.6 Å². The van der Waals surface area contributed by atoms with E-state index in [4.69, 9.17) is 5.11 Å². The van der Waals surface area contributed by atoms with Gasteiger partial charge < -0.3 is 10.1 Å². The predicted molar refractivity (Wildman–Crippen MR) is 46.3 cm³/mol. The molecule has 0 saturated heterocycles. The van der Waals surface area contributed by atoms with Crippen molar-refractivity contribution in [3.63, 3.8) is 0 Å². The van der Waals surface area contributed by atoms with Gasteiger partial charge in [-0.2, -0.15) is 0 Å². The molecule has 0 bridgehead atoms. The Kier molecular flexibility index (Phi) is 3.02. The molecule has 1 rings (SSSR count). The lowest BCUT2D eigenvalue weighted by Crippen LogP contribution is -2.13. The molecule has 0 fully saturated rings. The van der Waals surface area contributed by atoms with E-state index in [0.29, 0.717) is 0 Å². The molecule has 3 nitrogen and oxygen atoms in total. The van der Waals surface area contributed by atoms with Gasteiger partial charge in [0.25, 0.3) is 6.43 Å². The van der Waals surface area contributed by atoms with E-state index in [1.807, 2.05) is 0 Å². The minimum atomic E-state index is -2.89. The maximum Gasteiger partial charge on any atom is 0.269 e. The van der Waals surface area contributed by atoms with Crippen LogP contribution in [-0.2, 0) is 5.33 Å². The number of hydrogen-bond donors (Lipinski definition) is 2. The van der Waals surface area contributed by atoms with Crippen molar-refractivity contribution >= 4 is 15.9 Å². The average Bonchev–Trinajstić information content (AvgIpc) is 2.08. The largest absolute Gasteiger partial charge is 0.503 e. The van der Waals surface area contributed by atoms with Crippen LogP contribution >= 0.6 is 15.9 Å². The van der Waals surface area contributed by atoms with Gasteiger partial charge in [-0.15, -0.1) is 0 Å². The van der Waals surface area contributed by atoms with Gasteiger partial charge in [0.15, 0.2) is 5.75 Å². The molecular weight excluding hydrogens is 248 g/mol. The van der Waals surface area contributed by atoms with Crippen molar-refractivity contribution in [3.05, 3.63) is 27.7 Å². The summed E-state index contributed by atoms with van der Waals surface area (Å²) in [6.07, 6.45) is -1.89. The number of aromatic hydroxyl groups is 1. The lowest BCUT2D eigenvalue weighted by Gasteiger charge is -2.05. The van der Waals surface area contributed by atoms with E-state index in [1.54, 1.807) is 0 Å². The normalized spacial score (nSPS) is 10.8. The first-order valence-corrected chi connectivity index (χ1v) is 4.47. The van der Waals surface area contributed by atoms with Crippen molar-refractivity contribution in [2.75, 3.05) is 0 Å². The number of halogens is 3. The Labute approximate surface area is 80.5 Å². The van der Waals surface area contributed by atoms with Gasteiger partial charge >= 0.3 is 0 Å². The number of rotatable bonds is 2. The fourth-order valence-electron chi connectivity index (χ4n) is 0.915. The average molecular weight is 254 g/mol. The fraction of sp³-hybridized carbons (Fsp3) is 0.286. The van der Waals surface area contributed by atoms with Crippen molar-refractivity contribution in [2.24, 2.45) is 0 Å². The Morgan fingerprint density at radius 1 is 1.62 bits per heavy atom. The Morgan fingerprint density at radius 3 is 2.69 bits per heavy atom. The zero-order chi connectivity index (χ0) is 10.0. The first-order chi connectivity index (χ1) is 6.07. The molecule has 0 spiro atoms. The summed E-state index contributed by atoms with van der Waals surface area (Å²) >= 11 is 2.95. The van der Waals surface area contributed by atoms with Crippen LogP contribution in [0.4, 0.5) is 8.78 Å². The van der Waals surface area contributed by atoms with Gasteiger partial charge in [-0.25, -0.2) is 8.78 Å². The van der Waals surface area contributed by atoms with Gasteiger partial charge in [-0.1, -0.05) is 15.9 Å². The summed E-state index contributed by atoms with van der Waals surface area (Å²) in [6, 6.07) is 0. The summed E-state index contributed by atoms with van der Waals surface area (Å²) in [7, 11) is 0. The third-order valence-corrected chi connectivity index (χ3v) is 2.10. The van der Waals surface area contributed by atoms with Crippen LogP contribution in [0.25, 0.3) is 0 Å². The van der Waals surface area contributed by atoms with Crippen molar-refractivity contribution < 1.29 is 13.9 Å². The maximum atomic E-state index is 12.3. The number of aromatic nitrogens is 1. The van der Waals surface area contributed by atoms with Crippen LogP contribution in [0.15, 0.2) is 11.0 Å². The molecule has 0 unspecified atom stereocenters. The Morgan fingerprint density at radius 2 is 2.23 bits per heavy atom. The van der Waals surface area contributed by atoms with Crippen LogP contribution < -0.4 is 5.43 Å². The summed E-state index contributed by atoms with van der Waals surface area (Å²) in [6.45, 7) is 0. The second-order valence-electron chi connectivity index (χ2n) is 2.33. The van der Waals surface area contributed by atoms with Crippen LogP contribution in [0, 0.1) is 0 Å². The SMILES string of the molecule is O=c1c(O)c[nH]c(CBr)c1C(F)F. The van der Waals surface area contributed by atoms with E-state index in [2.05, 4.69) is 20.9 Å². The fourth-order valence-corrected chi connectivity index (χ4v) is 1.38. The predicted octanol–water partition coefficient (Wildman–Crippen LogP) is 1.91. The Hall–Kier alpha value is -0.910. The molecule has 0 amide bonds. The van der Waals surface area contributed by atoms with E-state index in [0.717, 1.165) is 6.20 Å². The molecule has 0 aliphatic heterocycles. The molecule has 1 aromatic rings. The van der Waals surface area contributed by atoms with Crippen molar-refractivity contribution in [2.45, 2.75) is 11.8 Å². The molecule has 1 aromatic heterocycles. The zero-order valence-corrected chi connectivity index (χ0v) is 7.94. The summed E-state index contributed by atoms with van der Waals surface area (Å²) in [5.74, 6) is -0.694. The highest BCUT2D eigenvalue weighted by Crippen LogP contribution is 2.21. The molecule has 6 heteroatoms. The molecular formula is C7H6BrF2NO2. The summed E-state index contributed by atoms with van der Waals surface area (Å²) < 4.78 is 24.6. The first kappa shape index (κ1) is 10.2. The molecule has 0 aliphatic rings. The van der Waals surface area contributed by atoms with Crippen LogP contribution in [0.2, 0.25) is 0 Å². The van der Waals surface area contributed by atoms with Crippen LogP contribution in [0.1, 0.15) is 17.7 Å². The number of alkyl halides is 3. The number of hydrogen-bond acceptors (Lipinski definition) is 2. The van der Waals surface area contributed by atoms with Gasteiger partial charge in [-0.05, 0) is 0 Å². The highest BCUT2D eigenvalue weighted by molar-refractivity contribution is 9.08. The van der Waals surface area contributed by atoms with Gasteiger partial charge in [0.05, 0.1) is 5.56 Å². The lowest BCUT2D eigenvalue weighted by atomic mass is 10.2. The Balaban J connectivity index is 3.42. The van der Waals surface area contributed by atoms with Gasteiger partial charge in [0.1, 0.15) is 0 Å². The number of nitrogens with one attached hydrogen (secondary N) is 1. The highest BCUT2D eigenvalue weighted by Gasteiger charge is 2.19. The quantitative estimate of drug-likeness (QED) is 0.792. The van der Waals surface area contributed by atoms with E-state index >= 15 is 0 Å². The molecule has 0 saturated carbocycles. The van der Waals surface area contributed by atoms with E-state index < -0.39 is 23.2 Å². The molecule has 0 radical (unpaired) electrons. The number of aromatic amines is 1. The third-order valence-electron chi connectivity index (χ3n) is 1.54.